The third-order valence-corrected chi connectivity index (χ3v) is 4.52. The van der Waals surface area contributed by atoms with E-state index in [1.807, 2.05) is 0 Å². The van der Waals surface area contributed by atoms with Gasteiger partial charge in [0.25, 0.3) is 0 Å². The monoisotopic (exact) mass is 511 g/mol. The average molecular weight is 514 g/mol. The number of aliphatic hydroxyl groups is 1. The quantitative estimate of drug-likeness (QED) is 0.422. The Morgan fingerprint density at radius 2 is 2.13 bits per heavy atom. The molecular weight excluding hydrogens is 500 g/mol. The summed E-state index contributed by atoms with van der Waals surface area (Å²) in [5.74, 6) is -2.49. The van der Waals surface area contributed by atoms with Gasteiger partial charge in [-0.15, -0.1) is 0 Å². The topological polar surface area (TPSA) is 75.6 Å². The van der Waals surface area contributed by atoms with E-state index in [-0.39, 0.29) is 6.61 Å². The normalized spacial score (nSPS) is 25.7. The molecule has 130 valence electrons. The van der Waals surface area contributed by atoms with Crippen LogP contribution in [0.3, 0.4) is 0 Å². The van der Waals surface area contributed by atoms with E-state index in [9.17, 15) is 14.7 Å². The van der Waals surface area contributed by atoms with Gasteiger partial charge >= 0.3 is 0 Å². The number of Topliss-reactive ketones (excluding diaryl/α,β-unsaturated/α-hetero) is 1. The van der Waals surface area contributed by atoms with Crippen LogP contribution in [0.4, 0.5) is 0 Å². The molecule has 3 unspecified atom stereocenters. The number of ketones is 1. The molecule has 1 aliphatic rings. The minimum atomic E-state index is -1.98. The Bertz CT molecular complexity index is 536. The van der Waals surface area contributed by atoms with Gasteiger partial charge in [-0.2, -0.15) is 0 Å². The van der Waals surface area contributed by atoms with Crippen LogP contribution in [0, 0.1) is 5.92 Å². The second kappa shape index (κ2) is 8.65. The van der Waals surface area contributed by atoms with Crippen molar-refractivity contribution >= 4 is 78.4 Å². The van der Waals surface area contributed by atoms with E-state index >= 15 is 0 Å². The molecule has 0 aromatic heterocycles. The van der Waals surface area contributed by atoms with E-state index in [2.05, 4.69) is 37.2 Å². The van der Waals surface area contributed by atoms with Crippen LogP contribution in [-0.4, -0.2) is 44.4 Å². The summed E-state index contributed by atoms with van der Waals surface area (Å²) in [7, 11) is 0. The van der Waals surface area contributed by atoms with Gasteiger partial charge in [0.05, 0.1) is 12.5 Å². The van der Waals surface area contributed by atoms with E-state index < -0.39 is 33.2 Å². The molecule has 1 amide bonds. The van der Waals surface area contributed by atoms with Crippen molar-refractivity contribution in [1.29, 1.82) is 0 Å². The molecule has 0 spiro atoms. The first-order valence-corrected chi connectivity index (χ1v) is 9.42. The van der Waals surface area contributed by atoms with Crippen LogP contribution in [0.1, 0.15) is 6.92 Å². The smallest absolute Gasteiger partial charge is 0.234 e. The number of amides is 1. The zero-order chi connectivity index (χ0) is 17.8. The predicted molar refractivity (Wildman–Crippen MR) is 97.2 cm³/mol. The van der Waals surface area contributed by atoms with Crippen molar-refractivity contribution in [3.8, 4) is 0 Å². The first kappa shape index (κ1) is 21.4. The number of hydrogen-bond acceptors (Lipinski definition) is 4. The lowest BCUT2D eigenvalue weighted by molar-refractivity contribution is -0.144. The van der Waals surface area contributed by atoms with Crippen molar-refractivity contribution in [2.24, 2.45) is 5.92 Å². The van der Waals surface area contributed by atoms with Crippen molar-refractivity contribution in [3.05, 3.63) is 22.7 Å². The minimum Gasteiger partial charge on any atom is -0.377 e. The van der Waals surface area contributed by atoms with Crippen molar-refractivity contribution in [1.82, 2.24) is 5.32 Å². The molecule has 1 rings (SSSR count). The summed E-state index contributed by atoms with van der Waals surface area (Å²) < 4.78 is 3.90. The first-order chi connectivity index (χ1) is 10.5. The van der Waals surface area contributed by atoms with Gasteiger partial charge in [-0.1, -0.05) is 72.7 Å². The highest BCUT2D eigenvalue weighted by Gasteiger charge is 2.46. The standard InChI is InChI=1S/C13H14Br2Cl3NO4/c1-7(20)12(22)3-2-8(15)6-9(12)10(21)19-11(13(16,17)18)23-5-4-14/h2-3,6,9,11,22H,4-5H2,1H3,(H,19,21). The zero-order valence-electron chi connectivity index (χ0n) is 11.9. The Hall–Kier alpha value is 0.370. The van der Waals surface area contributed by atoms with Gasteiger partial charge in [0.15, 0.2) is 17.6 Å². The predicted octanol–water partition coefficient (Wildman–Crippen LogP) is 3.00. The first-order valence-electron chi connectivity index (χ1n) is 6.37. The fourth-order valence-corrected chi connectivity index (χ4v) is 2.80. The summed E-state index contributed by atoms with van der Waals surface area (Å²) in [4.78, 5) is 24.2. The number of nitrogens with one attached hydrogen (secondary N) is 1. The second-order valence-electron chi connectivity index (χ2n) is 4.73. The molecule has 0 radical (unpaired) electrons. The third kappa shape index (κ3) is 5.70. The largest absolute Gasteiger partial charge is 0.377 e. The number of hydrogen-bond donors (Lipinski definition) is 2. The van der Waals surface area contributed by atoms with Crippen LogP contribution in [-0.2, 0) is 14.3 Å². The summed E-state index contributed by atoms with van der Waals surface area (Å²) in [6, 6.07) is 0. The Morgan fingerprint density at radius 1 is 1.52 bits per heavy atom. The van der Waals surface area contributed by atoms with E-state index in [0.717, 1.165) is 0 Å². The number of halogens is 5. The molecule has 0 fully saturated rings. The van der Waals surface area contributed by atoms with E-state index in [4.69, 9.17) is 39.5 Å². The van der Waals surface area contributed by atoms with Gasteiger partial charge in [0.2, 0.25) is 9.70 Å². The van der Waals surface area contributed by atoms with Gasteiger partial charge in [-0.25, -0.2) is 0 Å². The lowest BCUT2D eigenvalue weighted by Crippen LogP contribution is -2.55. The molecule has 0 saturated carbocycles. The van der Waals surface area contributed by atoms with Crippen molar-refractivity contribution < 1.29 is 19.4 Å². The molecule has 3 atom stereocenters. The fourth-order valence-electron chi connectivity index (χ4n) is 1.86. The molecule has 10 heteroatoms. The molecule has 5 nitrogen and oxygen atoms in total. The number of ether oxygens (including phenoxy) is 1. The Kier molecular flexibility index (Phi) is 8.05. The minimum absolute atomic E-state index is 0.180. The maximum atomic E-state index is 12.5. The summed E-state index contributed by atoms with van der Waals surface area (Å²) in [6.07, 6.45) is 2.88. The van der Waals surface area contributed by atoms with E-state index in [0.29, 0.717) is 9.81 Å². The van der Waals surface area contributed by atoms with Gasteiger partial charge in [0, 0.05) is 9.81 Å². The Balaban J connectivity index is 3.00. The van der Waals surface area contributed by atoms with Gasteiger partial charge in [0.1, 0.15) is 0 Å². The van der Waals surface area contributed by atoms with E-state index in [1.54, 1.807) is 0 Å². The lowest BCUT2D eigenvalue weighted by Gasteiger charge is -2.33. The van der Waals surface area contributed by atoms with Gasteiger partial charge in [-0.3, -0.25) is 9.59 Å². The van der Waals surface area contributed by atoms with Crippen LogP contribution >= 0.6 is 66.7 Å². The molecule has 1 aliphatic carbocycles. The number of allylic oxidation sites excluding steroid dienone is 2. The van der Waals surface area contributed by atoms with Gasteiger partial charge in [-0.05, 0) is 19.1 Å². The van der Waals surface area contributed by atoms with Crippen LogP contribution in [0.2, 0.25) is 0 Å². The van der Waals surface area contributed by atoms with Crippen molar-refractivity contribution in [3.63, 3.8) is 0 Å². The van der Waals surface area contributed by atoms with Crippen LogP contribution < -0.4 is 5.32 Å². The van der Waals surface area contributed by atoms with Crippen LogP contribution in [0.15, 0.2) is 22.7 Å². The van der Waals surface area contributed by atoms with Gasteiger partial charge < -0.3 is 15.2 Å². The van der Waals surface area contributed by atoms with Crippen LogP contribution in [0.5, 0.6) is 0 Å². The third-order valence-electron chi connectivity index (χ3n) is 3.08. The maximum Gasteiger partial charge on any atom is 0.234 e. The molecule has 2 N–H and O–H groups in total. The van der Waals surface area contributed by atoms with Crippen molar-refractivity contribution in [2.45, 2.75) is 22.5 Å². The van der Waals surface area contributed by atoms with Crippen molar-refractivity contribution in [2.75, 3.05) is 11.9 Å². The highest BCUT2D eigenvalue weighted by molar-refractivity contribution is 9.11. The molecular formula is C13H14Br2Cl3NO4. The zero-order valence-corrected chi connectivity index (χ0v) is 17.3. The van der Waals surface area contributed by atoms with E-state index in [1.165, 1.54) is 25.2 Å². The van der Waals surface area contributed by atoms with Crippen LogP contribution in [0.25, 0.3) is 0 Å². The molecule has 0 aromatic carbocycles. The molecule has 0 saturated heterocycles. The summed E-state index contributed by atoms with van der Waals surface area (Å²) in [5.41, 5.74) is -1.98. The highest BCUT2D eigenvalue weighted by atomic mass is 79.9. The molecule has 0 heterocycles. The Morgan fingerprint density at radius 3 is 2.61 bits per heavy atom. The Labute approximate surface area is 165 Å². The maximum absolute atomic E-state index is 12.5. The molecule has 0 aliphatic heterocycles. The number of alkyl halides is 4. The number of carbonyl (C=O) groups excluding carboxylic acids is 2. The number of carbonyl (C=O) groups is 2. The highest BCUT2D eigenvalue weighted by Crippen LogP contribution is 2.34. The summed E-state index contributed by atoms with van der Waals surface area (Å²) >= 11 is 23.7. The fraction of sp³-hybridized carbons (Fsp3) is 0.538. The number of rotatable bonds is 6. The summed E-state index contributed by atoms with van der Waals surface area (Å²) in [5, 5.41) is 13.3. The lowest BCUT2D eigenvalue weighted by atomic mass is 9.80. The average Bonchev–Trinajstić information content (AvgIpc) is 2.44. The molecule has 23 heavy (non-hydrogen) atoms. The SMILES string of the molecule is CC(=O)C1(O)C=CC(Br)=CC1C(=O)NC(OCCBr)C(Cl)(Cl)Cl. The molecule has 0 bridgehead atoms. The second-order valence-corrected chi connectivity index (χ2v) is 8.81. The summed E-state index contributed by atoms with van der Waals surface area (Å²) in [6.45, 7) is 1.37. The molecule has 0 aromatic rings.